The van der Waals surface area contributed by atoms with Crippen molar-refractivity contribution >= 4 is 16.0 Å². The monoisotopic (exact) mass is 507 g/mol. The van der Waals surface area contributed by atoms with Crippen LogP contribution < -0.4 is 0 Å². The molecular weight excluding hydrogens is 474 g/mol. The van der Waals surface area contributed by atoms with Gasteiger partial charge in [-0.2, -0.15) is 23.9 Å². The highest BCUT2D eigenvalue weighted by atomic mass is 32.2. The Morgan fingerprint density at radius 2 is 1.51 bits per heavy atom. The first-order chi connectivity index (χ1) is 16.8. The van der Waals surface area contributed by atoms with Crippen LogP contribution in [0.2, 0.25) is 0 Å². The van der Waals surface area contributed by atoms with Crippen molar-refractivity contribution in [2.45, 2.75) is 74.3 Å². The van der Waals surface area contributed by atoms with Crippen LogP contribution >= 0.6 is 0 Å². The van der Waals surface area contributed by atoms with Crippen LogP contribution in [-0.2, 0) is 45.5 Å². The minimum absolute atomic E-state index is 0.223. The first kappa shape index (κ1) is 23.8. The van der Waals surface area contributed by atoms with Crippen molar-refractivity contribution in [2.75, 3.05) is 20.2 Å². The fraction of sp³-hybridized carbons (Fsp3) is 0.720. The minimum Gasteiger partial charge on any atom is -0.469 e. The number of esters is 1. The molecule has 0 amide bonds. The van der Waals surface area contributed by atoms with Gasteiger partial charge in [0, 0.05) is 44.2 Å². The number of aryl methyl sites for hydroxylation is 1. The maximum Gasteiger partial charge on any atom is 0.305 e. The van der Waals surface area contributed by atoms with Crippen LogP contribution in [0.4, 0.5) is 0 Å². The Labute approximate surface area is 205 Å². The van der Waals surface area contributed by atoms with Gasteiger partial charge in [0.05, 0.1) is 12.0 Å². The van der Waals surface area contributed by atoms with E-state index in [1.807, 2.05) is 0 Å². The van der Waals surface area contributed by atoms with Crippen LogP contribution in [0.25, 0.3) is 0 Å². The Kier molecular flexibility index (Phi) is 5.97. The van der Waals surface area contributed by atoms with Gasteiger partial charge >= 0.3 is 5.97 Å². The van der Waals surface area contributed by atoms with Crippen LogP contribution in [0, 0.1) is 23.7 Å². The lowest BCUT2D eigenvalue weighted by Gasteiger charge is -2.60. The van der Waals surface area contributed by atoms with Crippen LogP contribution in [0.15, 0.2) is 29.2 Å². The molecule has 7 rings (SSSR count). The van der Waals surface area contributed by atoms with Gasteiger partial charge in [-0.1, -0.05) is 12.1 Å². The van der Waals surface area contributed by atoms with Crippen LogP contribution in [-0.4, -0.2) is 50.5 Å². The molecule has 4 aliphatic carbocycles. The molecule has 4 saturated carbocycles. The normalized spacial score (nSPS) is 33.3. The predicted molar refractivity (Wildman–Crippen MR) is 122 cm³/mol. The fourth-order valence-electron chi connectivity index (χ4n) is 6.98. The Morgan fingerprint density at radius 1 is 0.943 bits per heavy atom. The molecule has 0 N–H and O–H groups in total. The molecule has 0 atom stereocenters. The minimum atomic E-state index is -3.66. The average molecular weight is 508 g/mol. The number of nitrogens with zero attached hydrogens (tertiary/aromatic N) is 1. The molecule has 2 heterocycles. The second kappa shape index (κ2) is 8.78. The summed E-state index contributed by atoms with van der Waals surface area (Å²) in [6.07, 6.45) is 7.11. The molecule has 2 saturated heterocycles. The van der Waals surface area contributed by atoms with Crippen molar-refractivity contribution in [3.63, 3.8) is 0 Å². The zero-order valence-electron chi connectivity index (χ0n) is 20.0. The van der Waals surface area contributed by atoms with Gasteiger partial charge in [0.2, 0.25) is 21.6 Å². The van der Waals surface area contributed by atoms with Crippen LogP contribution in [0.3, 0.4) is 0 Å². The molecule has 2 spiro atoms. The Morgan fingerprint density at radius 3 is 2.06 bits per heavy atom. The van der Waals surface area contributed by atoms with Crippen molar-refractivity contribution in [1.29, 1.82) is 0 Å². The standard InChI is InChI=1S/C25H33NO8S/c1-30-23(27)7-4-17-2-5-22(6-3-17)35(28,29)26-10-8-24(9-11-26)31-33-25(34-32-24)20-13-18-12-19(15-20)16-21(25)14-18/h2-3,5-6,18-21H,4,7-16H2,1H3. The van der Waals surface area contributed by atoms with E-state index in [4.69, 9.17) is 19.6 Å². The third-order valence-electron chi connectivity index (χ3n) is 8.81. The predicted octanol–water partition coefficient (Wildman–Crippen LogP) is 3.34. The Balaban J connectivity index is 1.06. The highest BCUT2D eigenvalue weighted by Gasteiger charge is 2.64. The second-order valence-corrected chi connectivity index (χ2v) is 12.8. The highest BCUT2D eigenvalue weighted by molar-refractivity contribution is 7.89. The molecule has 1 aromatic carbocycles. The van der Waals surface area contributed by atoms with Crippen LogP contribution in [0.5, 0.6) is 0 Å². The summed E-state index contributed by atoms with van der Waals surface area (Å²) in [6.45, 7) is 0.478. The summed E-state index contributed by atoms with van der Waals surface area (Å²) >= 11 is 0. The molecule has 10 heteroatoms. The van der Waals surface area contributed by atoms with E-state index >= 15 is 0 Å². The number of rotatable bonds is 5. The topological polar surface area (TPSA) is 101 Å². The van der Waals surface area contributed by atoms with E-state index in [-0.39, 0.29) is 30.4 Å². The van der Waals surface area contributed by atoms with Crippen molar-refractivity contribution in [2.24, 2.45) is 23.7 Å². The van der Waals surface area contributed by atoms with E-state index in [0.717, 1.165) is 43.1 Å². The number of methoxy groups -OCH3 is 1. The Hall–Kier alpha value is -1.56. The third kappa shape index (κ3) is 4.12. The van der Waals surface area contributed by atoms with Gasteiger partial charge in [-0.25, -0.2) is 8.42 Å². The number of hydrogen-bond donors (Lipinski definition) is 0. The van der Waals surface area contributed by atoms with Gasteiger partial charge in [0.15, 0.2) is 0 Å². The number of hydrogen-bond acceptors (Lipinski definition) is 8. The number of piperidine rings is 1. The van der Waals surface area contributed by atoms with E-state index < -0.39 is 21.6 Å². The zero-order chi connectivity index (χ0) is 24.3. The smallest absolute Gasteiger partial charge is 0.305 e. The summed E-state index contributed by atoms with van der Waals surface area (Å²) in [5.74, 6) is -0.0537. The summed E-state index contributed by atoms with van der Waals surface area (Å²) in [6, 6.07) is 6.64. The number of carbonyl (C=O) groups excluding carboxylic acids is 1. The molecule has 2 aliphatic heterocycles. The summed E-state index contributed by atoms with van der Waals surface area (Å²) in [5, 5.41) is 0. The van der Waals surface area contributed by atoms with Crippen molar-refractivity contribution < 1.29 is 37.5 Å². The van der Waals surface area contributed by atoms with Gasteiger partial charge in [0.1, 0.15) is 0 Å². The zero-order valence-corrected chi connectivity index (χ0v) is 20.8. The lowest BCUT2D eigenvalue weighted by molar-refractivity contribution is -0.680. The molecule has 35 heavy (non-hydrogen) atoms. The molecule has 4 bridgehead atoms. The van der Waals surface area contributed by atoms with Crippen molar-refractivity contribution in [3.8, 4) is 0 Å². The number of benzene rings is 1. The van der Waals surface area contributed by atoms with E-state index in [0.29, 0.717) is 31.1 Å². The molecular formula is C25H33NO8S. The largest absolute Gasteiger partial charge is 0.469 e. The summed E-state index contributed by atoms with van der Waals surface area (Å²) in [7, 11) is -2.31. The highest BCUT2D eigenvalue weighted by Crippen LogP contribution is 2.61. The first-order valence-corrected chi connectivity index (χ1v) is 14.2. The summed E-state index contributed by atoms with van der Waals surface area (Å²) < 4.78 is 32.5. The molecule has 192 valence electrons. The van der Waals surface area contributed by atoms with E-state index in [2.05, 4.69) is 4.74 Å². The summed E-state index contributed by atoms with van der Waals surface area (Å²) in [4.78, 5) is 35.5. The van der Waals surface area contributed by atoms with Gasteiger partial charge in [-0.15, -0.1) is 0 Å². The van der Waals surface area contributed by atoms with E-state index in [9.17, 15) is 13.2 Å². The fourth-order valence-corrected chi connectivity index (χ4v) is 8.42. The first-order valence-electron chi connectivity index (χ1n) is 12.7. The number of ether oxygens (including phenoxy) is 1. The second-order valence-electron chi connectivity index (χ2n) is 10.9. The molecule has 0 unspecified atom stereocenters. The summed E-state index contributed by atoms with van der Waals surface area (Å²) in [5.41, 5.74) is 0.879. The molecule has 0 radical (unpaired) electrons. The van der Waals surface area contributed by atoms with Crippen molar-refractivity contribution in [3.05, 3.63) is 29.8 Å². The quantitative estimate of drug-likeness (QED) is 0.442. The Bertz CT molecular complexity index is 1020. The molecule has 9 nitrogen and oxygen atoms in total. The molecule has 1 aromatic rings. The van der Waals surface area contributed by atoms with Crippen LogP contribution in [0.1, 0.15) is 56.9 Å². The lowest BCUT2D eigenvalue weighted by atomic mass is 9.53. The average Bonchev–Trinajstić information content (AvgIpc) is 2.87. The number of carbonyl (C=O) groups is 1. The third-order valence-corrected chi connectivity index (χ3v) is 10.7. The SMILES string of the molecule is COC(=O)CCc1ccc(S(=O)(=O)N2CCC3(CC2)OOC2(OO3)C3CC4CC(C3)CC2C4)cc1. The van der Waals surface area contributed by atoms with Gasteiger partial charge < -0.3 is 4.74 Å². The molecule has 6 fully saturated rings. The maximum atomic E-state index is 13.2. The van der Waals surface area contributed by atoms with Gasteiger partial charge in [-0.3, -0.25) is 4.79 Å². The molecule has 0 aromatic heterocycles. The van der Waals surface area contributed by atoms with Crippen molar-refractivity contribution in [1.82, 2.24) is 4.31 Å². The lowest BCUT2D eigenvalue weighted by Crippen LogP contribution is -2.65. The molecule has 6 aliphatic rings. The van der Waals surface area contributed by atoms with E-state index in [1.165, 1.54) is 17.8 Å². The van der Waals surface area contributed by atoms with Gasteiger partial charge in [-0.05, 0) is 68.1 Å². The van der Waals surface area contributed by atoms with Gasteiger partial charge in [0.25, 0.3) is 0 Å². The maximum absolute atomic E-state index is 13.2. The number of sulfonamides is 1. The van der Waals surface area contributed by atoms with E-state index in [1.54, 1.807) is 24.3 Å².